The minimum absolute atomic E-state index is 0.110. The Morgan fingerprint density at radius 3 is 2.44 bits per heavy atom. The fraction of sp³-hybridized carbons (Fsp3) is 0.600. The molecule has 3 rings (SSSR count). The molecule has 0 aliphatic carbocycles. The van der Waals surface area contributed by atoms with Crippen LogP contribution in [-0.4, -0.2) is 57.0 Å². The maximum Gasteiger partial charge on any atom is 0.147 e. The molecular weight excluding hydrogens is 347 g/mol. The summed E-state index contributed by atoms with van der Waals surface area (Å²) in [7, 11) is 1.61. The van der Waals surface area contributed by atoms with Crippen molar-refractivity contribution in [1.82, 2.24) is 0 Å². The van der Waals surface area contributed by atoms with Gasteiger partial charge in [0, 0.05) is 50.5 Å². The standard InChI is InChI=1S/C15H21FN4O.C5H10O/c1-10-4-14(20-7-15(2,8-20)9-21)12(16)5-11(10)13(19-17)6-18-3;1-2-4-6-5-3-1/h4-6,21H,7-9,17H2,1-3H3;1-5H2/b18-6?,19-13+;. The third-order valence-electron chi connectivity index (χ3n) is 4.91. The number of hydrazone groups is 1. The molecule has 2 aliphatic heterocycles. The summed E-state index contributed by atoms with van der Waals surface area (Å²) in [6.07, 6.45) is 5.44. The first kappa shape index (κ1) is 21.3. The molecule has 2 fully saturated rings. The number of rotatable bonds is 4. The molecule has 0 bridgehead atoms. The summed E-state index contributed by atoms with van der Waals surface area (Å²) in [6.45, 7) is 7.28. The second-order valence-corrected chi connectivity index (χ2v) is 7.52. The monoisotopic (exact) mass is 378 g/mol. The molecule has 0 saturated carbocycles. The zero-order chi connectivity index (χ0) is 19.9. The average Bonchev–Trinajstić information content (AvgIpc) is 2.67. The largest absolute Gasteiger partial charge is 0.396 e. The third-order valence-corrected chi connectivity index (χ3v) is 4.91. The SMILES string of the molecule is C1CCOCC1.CN=C/C(=N\N)c1cc(F)c(N2CC(C)(CO)C2)cc1C. The number of aliphatic hydroxyl groups is 1. The molecule has 2 saturated heterocycles. The van der Waals surface area contributed by atoms with Gasteiger partial charge in [0.15, 0.2) is 0 Å². The number of hydrogen-bond acceptors (Lipinski definition) is 6. The molecule has 1 aromatic rings. The van der Waals surface area contributed by atoms with Crippen LogP contribution in [0.5, 0.6) is 0 Å². The number of anilines is 1. The van der Waals surface area contributed by atoms with Crippen LogP contribution in [0.15, 0.2) is 22.2 Å². The van der Waals surface area contributed by atoms with E-state index in [0.717, 1.165) is 18.8 Å². The molecule has 0 radical (unpaired) electrons. The van der Waals surface area contributed by atoms with Gasteiger partial charge in [-0.3, -0.25) is 4.99 Å². The van der Waals surface area contributed by atoms with Crippen LogP contribution in [0.4, 0.5) is 10.1 Å². The van der Waals surface area contributed by atoms with E-state index in [4.69, 9.17) is 10.6 Å². The molecule has 1 aromatic carbocycles. The van der Waals surface area contributed by atoms with Crippen molar-refractivity contribution in [3.8, 4) is 0 Å². The molecular formula is C20H31FN4O2. The fourth-order valence-electron chi connectivity index (χ4n) is 3.31. The Kier molecular flexibility index (Phi) is 7.74. The van der Waals surface area contributed by atoms with Gasteiger partial charge in [0.05, 0.1) is 12.3 Å². The fourth-order valence-corrected chi connectivity index (χ4v) is 3.31. The van der Waals surface area contributed by atoms with E-state index in [1.165, 1.54) is 31.5 Å². The number of aliphatic imine (C=N–C) groups is 1. The van der Waals surface area contributed by atoms with Gasteiger partial charge in [-0.1, -0.05) is 6.92 Å². The van der Waals surface area contributed by atoms with E-state index in [1.807, 2.05) is 18.7 Å². The number of aryl methyl sites for hydroxylation is 1. The quantitative estimate of drug-likeness (QED) is 0.479. The highest BCUT2D eigenvalue weighted by Crippen LogP contribution is 2.36. The van der Waals surface area contributed by atoms with Gasteiger partial charge in [0.2, 0.25) is 0 Å². The number of halogens is 1. The molecule has 2 aliphatic rings. The highest BCUT2D eigenvalue weighted by molar-refractivity contribution is 6.38. The first-order valence-corrected chi connectivity index (χ1v) is 9.38. The second-order valence-electron chi connectivity index (χ2n) is 7.52. The molecule has 150 valence electrons. The minimum Gasteiger partial charge on any atom is -0.396 e. The maximum absolute atomic E-state index is 14.3. The van der Waals surface area contributed by atoms with E-state index in [9.17, 15) is 9.50 Å². The molecule has 6 nitrogen and oxygen atoms in total. The number of hydrogen-bond donors (Lipinski definition) is 2. The van der Waals surface area contributed by atoms with Gasteiger partial charge in [-0.25, -0.2) is 4.39 Å². The second kappa shape index (κ2) is 9.80. The maximum atomic E-state index is 14.3. The van der Waals surface area contributed by atoms with E-state index in [0.29, 0.717) is 30.1 Å². The third kappa shape index (κ3) is 5.49. The summed E-state index contributed by atoms with van der Waals surface area (Å²) in [5, 5.41) is 12.9. The van der Waals surface area contributed by atoms with Gasteiger partial charge in [-0.2, -0.15) is 5.10 Å². The molecule has 0 unspecified atom stereocenters. The smallest absolute Gasteiger partial charge is 0.147 e. The summed E-state index contributed by atoms with van der Waals surface area (Å²) in [4.78, 5) is 5.80. The Morgan fingerprint density at radius 2 is 2.00 bits per heavy atom. The topological polar surface area (TPSA) is 83.4 Å². The van der Waals surface area contributed by atoms with Gasteiger partial charge in [0.25, 0.3) is 0 Å². The van der Waals surface area contributed by atoms with Gasteiger partial charge in [-0.15, -0.1) is 0 Å². The van der Waals surface area contributed by atoms with Gasteiger partial charge in [-0.05, 0) is 43.9 Å². The lowest BCUT2D eigenvalue weighted by molar-refractivity contribution is 0.0968. The zero-order valence-electron chi connectivity index (χ0n) is 16.5. The Balaban J connectivity index is 0.000000369. The molecule has 2 heterocycles. The normalized spacial score (nSPS) is 19.4. The molecule has 3 N–H and O–H groups in total. The Bertz CT molecular complexity index is 669. The minimum atomic E-state index is -0.318. The average molecular weight is 378 g/mol. The first-order valence-electron chi connectivity index (χ1n) is 9.38. The van der Waals surface area contributed by atoms with Gasteiger partial charge >= 0.3 is 0 Å². The van der Waals surface area contributed by atoms with E-state index >= 15 is 0 Å². The van der Waals surface area contributed by atoms with Crippen LogP contribution < -0.4 is 10.7 Å². The number of nitrogens with zero attached hydrogens (tertiary/aromatic N) is 3. The van der Waals surface area contributed by atoms with Gasteiger partial charge in [0.1, 0.15) is 11.5 Å². The Hall–Kier alpha value is -1.99. The lowest BCUT2D eigenvalue weighted by Gasteiger charge is -2.48. The van der Waals surface area contributed by atoms with Gasteiger partial charge < -0.3 is 20.6 Å². The summed E-state index contributed by atoms with van der Waals surface area (Å²) in [6, 6.07) is 3.23. The van der Waals surface area contributed by atoms with E-state index in [-0.39, 0.29) is 17.8 Å². The number of benzene rings is 1. The van der Waals surface area contributed by atoms with Crippen molar-refractivity contribution in [2.45, 2.75) is 33.1 Å². The van der Waals surface area contributed by atoms with Crippen LogP contribution in [0.2, 0.25) is 0 Å². The summed E-state index contributed by atoms with van der Waals surface area (Å²) >= 11 is 0. The van der Waals surface area contributed by atoms with Crippen molar-refractivity contribution in [2.75, 3.05) is 44.9 Å². The highest BCUT2D eigenvalue weighted by Gasteiger charge is 2.39. The highest BCUT2D eigenvalue weighted by atomic mass is 19.1. The number of aliphatic hydroxyl groups excluding tert-OH is 1. The predicted octanol–water partition coefficient (Wildman–Crippen LogP) is 2.50. The summed E-state index contributed by atoms with van der Waals surface area (Å²) in [5.41, 5.74) is 2.37. The predicted molar refractivity (Wildman–Crippen MR) is 108 cm³/mol. The molecule has 27 heavy (non-hydrogen) atoms. The van der Waals surface area contributed by atoms with E-state index in [1.54, 1.807) is 13.1 Å². The molecule has 7 heteroatoms. The van der Waals surface area contributed by atoms with Crippen molar-refractivity contribution in [3.05, 3.63) is 29.1 Å². The van der Waals surface area contributed by atoms with Crippen LogP contribution >= 0.6 is 0 Å². The van der Waals surface area contributed by atoms with Crippen LogP contribution in [0, 0.1) is 18.2 Å². The van der Waals surface area contributed by atoms with E-state index in [2.05, 4.69) is 10.1 Å². The zero-order valence-corrected chi connectivity index (χ0v) is 16.5. The summed E-state index contributed by atoms with van der Waals surface area (Å²) in [5.74, 6) is 5.02. The Labute approximate surface area is 160 Å². The molecule has 0 spiro atoms. The van der Waals surface area contributed by atoms with Crippen molar-refractivity contribution >= 4 is 17.6 Å². The van der Waals surface area contributed by atoms with Crippen LogP contribution in [0.3, 0.4) is 0 Å². The van der Waals surface area contributed by atoms with Crippen molar-refractivity contribution < 1.29 is 14.2 Å². The Morgan fingerprint density at radius 1 is 1.33 bits per heavy atom. The van der Waals surface area contributed by atoms with Crippen LogP contribution in [0.25, 0.3) is 0 Å². The van der Waals surface area contributed by atoms with Crippen molar-refractivity contribution in [2.24, 2.45) is 21.4 Å². The first-order chi connectivity index (χ1) is 12.9. The van der Waals surface area contributed by atoms with Crippen molar-refractivity contribution in [3.63, 3.8) is 0 Å². The van der Waals surface area contributed by atoms with Crippen LogP contribution in [-0.2, 0) is 4.74 Å². The lowest BCUT2D eigenvalue weighted by Crippen LogP contribution is -2.57. The lowest BCUT2D eigenvalue weighted by atomic mass is 9.82. The number of ether oxygens (including phenoxy) is 1. The number of nitrogens with two attached hydrogens (primary N) is 1. The molecule has 0 aromatic heterocycles. The van der Waals surface area contributed by atoms with E-state index < -0.39 is 0 Å². The molecule has 0 amide bonds. The van der Waals surface area contributed by atoms with Crippen LogP contribution in [0.1, 0.15) is 37.3 Å². The van der Waals surface area contributed by atoms with Crippen molar-refractivity contribution in [1.29, 1.82) is 0 Å². The summed E-state index contributed by atoms with van der Waals surface area (Å²) < 4.78 is 19.4. The molecule has 0 atom stereocenters.